The predicted octanol–water partition coefficient (Wildman–Crippen LogP) is 6.02. The zero-order chi connectivity index (χ0) is 27.2. The molecule has 38 heavy (non-hydrogen) atoms. The number of nitrogens with zero attached hydrogens (tertiary/aromatic N) is 2. The van der Waals surface area contributed by atoms with Gasteiger partial charge in [0.1, 0.15) is 5.75 Å². The summed E-state index contributed by atoms with van der Waals surface area (Å²) in [6.07, 6.45) is 1.68. The molecule has 194 valence electrons. The van der Waals surface area contributed by atoms with Gasteiger partial charge < -0.3 is 14.2 Å². The first-order valence-electron chi connectivity index (χ1n) is 11.5. The molecule has 1 fully saturated rings. The van der Waals surface area contributed by atoms with Crippen molar-refractivity contribution in [3.05, 3.63) is 92.9 Å². The molecule has 4 rings (SSSR count). The van der Waals surface area contributed by atoms with E-state index in [1.807, 2.05) is 6.92 Å². The maximum Gasteiger partial charge on any atom is 0.343 e. The molecule has 3 aromatic rings. The molecule has 0 unspecified atom stereocenters. The van der Waals surface area contributed by atoms with Crippen LogP contribution in [0.25, 0.3) is 6.08 Å². The molecular formula is C27H22N2O7S2. The largest absolute Gasteiger partial charge is 0.494 e. The summed E-state index contributed by atoms with van der Waals surface area (Å²) in [5.74, 6) is 0.0957. The Morgan fingerprint density at radius 1 is 1.03 bits per heavy atom. The number of amides is 1. The SMILES string of the molecule is CCOc1ccc(N2C(=O)/C(=C/c3ccc(OC(=O)c4cccc([N+](=O)[O-])c4)c(OCC)c3)SC2=S)cc1. The zero-order valence-corrected chi connectivity index (χ0v) is 22.0. The fourth-order valence-corrected chi connectivity index (χ4v) is 4.87. The molecular weight excluding hydrogens is 528 g/mol. The van der Waals surface area contributed by atoms with Crippen molar-refractivity contribution in [2.45, 2.75) is 13.8 Å². The summed E-state index contributed by atoms with van der Waals surface area (Å²) >= 11 is 6.63. The first-order chi connectivity index (χ1) is 18.3. The number of esters is 1. The van der Waals surface area contributed by atoms with Crippen LogP contribution in [-0.2, 0) is 4.79 Å². The fraction of sp³-hybridized carbons (Fsp3) is 0.148. The Kier molecular flexibility index (Phi) is 8.39. The van der Waals surface area contributed by atoms with E-state index in [0.717, 1.165) is 6.07 Å². The predicted molar refractivity (Wildman–Crippen MR) is 149 cm³/mol. The van der Waals surface area contributed by atoms with Crippen LogP contribution >= 0.6 is 24.0 Å². The minimum Gasteiger partial charge on any atom is -0.494 e. The second kappa shape index (κ2) is 11.9. The van der Waals surface area contributed by atoms with Crippen LogP contribution in [0.15, 0.2) is 71.6 Å². The normalized spacial score (nSPS) is 14.1. The number of carbonyl (C=O) groups excluding carboxylic acids is 2. The standard InChI is InChI=1S/C27H22N2O7S2/c1-3-34-21-11-9-19(10-12-21)28-25(30)24(38-27(28)37)15-17-8-13-22(23(14-17)35-4-2)36-26(31)18-6-5-7-20(16-18)29(32)33/h5-16H,3-4H2,1-2H3/b24-15-. The minimum atomic E-state index is -0.765. The molecule has 0 saturated carbocycles. The smallest absolute Gasteiger partial charge is 0.343 e. The van der Waals surface area contributed by atoms with Gasteiger partial charge in [-0.1, -0.05) is 36.1 Å². The van der Waals surface area contributed by atoms with Gasteiger partial charge in [-0.05, 0) is 68.0 Å². The molecule has 9 nitrogen and oxygen atoms in total. The van der Waals surface area contributed by atoms with E-state index in [2.05, 4.69) is 0 Å². The summed E-state index contributed by atoms with van der Waals surface area (Å²) < 4.78 is 17.0. The van der Waals surface area contributed by atoms with Gasteiger partial charge in [0.25, 0.3) is 11.6 Å². The molecule has 0 aromatic heterocycles. The van der Waals surface area contributed by atoms with Crippen LogP contribution in [0.5, 0.6) is 17.2 Å². The van der Waals surface area contributed by atoms with Crippen molar-refractivity contribution in [3.8, 4) is 17.2 Å². The summed E-state index contributed by atoms with van der Waals surface area (Å²) in [5, 5.41) is 11.0. The number of ether oxygens (including phenoxy) is 3. The molecule has 1 aliphatic rings. The van der Waals surface area contributed by atoms with Crippen molar-refractivity contribution in [2.24, 2.45) is 0 Å². The third kappa shape index (κ3) is 6.01. The van der Waals surface area contributed by atoms with Gasteiger partial charge in [-0.2, -0.15) is 0 Å². The van der Waals surface area contributed by atoms with Crippen molar-refractivity contribution in [1.82, 2.24) is 0 Å². The van der Waals surface area contributed by atoms with Gasteiger partial charge in [-0.15, -0.1) is 0 Å². The Morgan fingerprint density at radius 2 is 1.76 bits per heavy atom. The molecule has 0 N–H and O–H groups in total. The lowest BCUT2D eigenvalue weighted by Gasteiger charge is -2.15. The molecule has 1 amide bonds. The van der Waals surface area contributed by atoms with Crippen LogP contribution < -0.4 is 19.1 Å². The Bertz CT molecular complexity index is 1440. The van der Waals surface area contributed by atoms with E-state index in [4.69, 9.17) is 26.4 Å². The van der Waals surface area contributed by atoms with Gasteiger partial charge in [-0.25, -0.2) is 4.79 Å². The first-order valence-corrected chi connectivity index (χ1v) is 12.8. The van der Waals surface area contributed by atoms with Crippen molar-refractivity contribution >= 4 is 57.6 Å². The second-order valence-corrected chi connectivity index (χ2v) is 9.46. The fourth-order valence-electron chi connectivity index (χ4n) is 3.57. The number of anilines is 1. The Balaban J connectivity index is 1.55. The Labute approximate surface area is 228 Å². The number of benzene rings is 3. The highest BCUT2D eigenvalue weighted by atomic mass is 32.2. The number of hydrogen-bond acceptors (Lipinski definition) is 9. The van der Waals surface area contributed by atoms with Crippen molar-refractivity contribution < 1.29 is 28.7 Å². The van der Waals surface area contributed by atoms with Gasteiger partial charge in [-0.3, -0.25) is 19.8 Å². The average Bonchev–Trinajstić information content (AvgIpc) is 3.18. The van der Waals surface area contributed by atoms with E-state index < -0.39 is 10.9 Å². The Morgan fingerprint density at radius 3 is 2.45 bits per heavy atom. The zero-order valence-electron chi connectivity index (χ0n) is 20.4. The molecule has 0 atom stereocenters. The highest BCUT2D eigenvalue weighted by molar-refractivity contribution is 8.27. The van der Waals surface area contributed by atoms with Crippen LogP contribution in [-0.4, -0.2) is 34.3 Å². The molecule has 1 aliphatic heterocycles. The molecule has 0 radical (unpaired) electrons. The number of nitro benzene ring substituents is 1. The van der Waals surface area contributed by atoms with E-state index in [1.54, 1.807) is 55.5 Å². The lowest BCUT2D eigenvalue weighted by Crippen LogP contribution is -2.27. The summed E-state index contributed by atoms with van der Waals surface area (Å²) in [4.78, 5) is 38.1. The molecule has 11 heteroatoms. The van der Waals surface area contributed by atoms with Crippen LogP contribution in [0.1, 0.15) is 29.8 Å². The minimum absolute atomic E-state index is 0.0312. The molecule has 0 spiro atoms. The van der Waals surface area contributed by atoms with E-state index in [-0.39, 0.29) is 28.7 Å². The monoisotopic (exact) mass is 550 g/mol. The number of hydrogen-bond donors (Lipinski definition) is 0. The van der Waals surface area contributed by atoms with Crippen LogP contribution in [0, 0.1) is 10.1 Å². The summed E-state index contributed by atoms with van der Waals surface area (Å²) in [6, 6.07) is 17.2. The van der Waals surface area contributed by atoms with Gasteiger partial charge >= 0.3 is 5.97 Å². The number of rotatable bonds is 9. The van der Waals surface area contributed by atoms with Crippen molar-refractivity contribution in [2.75, 3.05) is 18.1 Å². The van der Waals surface area contributed by atoms with Gasteiger partial charge in [0.05, 0.1) is 34.3 Å². The van der Waals surface area contributed by atoms with Crippen molar-refractivity contribution in [3.63, 3.8) is 0 Å². The highest BCUT2D eigenvalue weighted by Crippen LogP contribution is 2.38. The number of nitro groups is 1. The number of thioether (sulfide) groups is 1. The van der Waals surface area contributed by atoms with Crippen LogP contribution in [0.3, 0.4) is 0 Å². The molecule has 3 aromatic carbocycles. The Hall–Kier alpha value is -4.22. The first kappa shape index (κ1) is 26.8. The lowest BCUT2D eigenvalue weighted by molar-refractivity contribution is -0.384. The summed E-state index contributed by atoms with van der Waals surface area (Å²) in [5.41, 5.74) is 1.08. The second-order valence-electron chi connectivity index (χ2n) is 7.78. The third-order valence-corrected chi connectivity index (χ3v) is 6.56. The maximum absolute atomic E-state index is 13.2. The van der Waals surface area contributed by atoms with Gasteiger partial charge in [0.15, 0.2) is 15.8 Å². The van der Waals surface area contributed by atoms with Crippen LogP contribution in [0.2, 0.25) is 0 Å². The lowest BCUT2D eigenvalue weighted by atomic mass is 10.1. The molecule has 0 aliphatic carbocycles. The van der Waals surface area contributed by atoms with E-state index in [1.165, 1.54) is 34.9 Å². The number of carbonyl (C=O) groups is 2. The number of thiocarbonyl (C=S) groups is 1. The molecule has 1 heterocycles. The van der Waals surface area contributed by atoms with E-state index >= 15 is 0 Å². The summed E-state index contributed by atoms with van der Waals surface area (Å²) in [7, 11) is 0. The van der Waals surface area contributed by atoms with E-state index in [0.29, 0.717) is 39.4 Å². The summed E-state index contributed by atoms with van der Waals surface area (Å²) in [6.45, 7) is 4.51. The third-order valence-electron chi connectivity index (χ3n) is 5.26. The van der Waals surface area contributed by atoms with Gasteiger partial charge in [0.2, 0.25) is 0 Å². The van der Waals surface area contributed by atoms with Gasteiger partial charge in [0, 0.05) is 12.1 Å². The average molecular weight is 551 g/mol. The maximum atomic E-state index is 13.2. The van der Waals surface area contributed by atoms with Crippen LogP contribution in [0.4, 0.5) is 11.4 Å². The topological polar surface area (TPSA) is 108 Å². The molecule has 1 saturated heterocycles. The highest BCUT2D eigenvalue weighted by Gasteiger charge is 2.33. The molecule has 0 bridgehead atoms. The van der Waals surface area contributed by atoms with Crippen molar-refractivity contribution in [1.29, 1.82) is 0 Å². The van der Waals surface area contributed by atoms with E-state index in [9.17, 15) is 19.7 Å². The number of non-ortho nitro benzene ring substituents is 1. The quantitative estimate of drug-likeness (QED) is 0.0789.